The lowest BCUT2D eigenvalue weighted by atomic mass is 10.2. The summed E-state index contributed by atoms with van der Waals surface area (Å²) in [6, 6.07) is 7.98. The molecule has 0 radical (unpaired) electrons. The number of hydrogen-bond donors (Lipinski definition) is 1. The van der Waals surface area contributed by atoms with Crippen LogP contribution in [0.2, 0.25) is 0 Å². The molecule has 3 nitrogen and oxygen atoms in total. The Morgan fingerprint density at radius 1 is 1.26 bits per heavy atom. The number of para-hydroxylation sites is 1. The van der Waals surface area contributed by atoms with Crippen molar-refractivity contribution >= 4 is 0 Å². The monoisotopic (exact) mass is 258 g/mol. The van der Waals surface area contributed by atoms with Gasteiger partial charge in [0.25, 0.3) is 0 Å². The number of hydrogen-bond acceptors (Lipinski definition) is 3. The van der Waals surface area contributed by atoms with Crippen LogP contribution in [0.25, 0.3) is 0 Å². The second-order valence-corrected chi connectivity index (χ2v) is 4.99. The molecule has 3 heteroatoms. The van der Waals surface area contributed by atoms with E-state index in [-0.39, 0.29) is 6.10 Å². The van der Waals surface area contributed by atoms with E-state index in [1.54, 1.807) is 0 Å². The Kier molecular flexibility index (Phi) is 5.26. The maximum absolute atomic E-state index is 5.76. The van der Waals surface area contributed by atoms with Gasteiger partial charge in [0, 0.05) is 26.2 Å². The summed E-state index contributed by atoms with van der Waals surface area (Å²) in [6.07, 6.45) is 0.177. The molecule has 102 valence electrons. The van der Waals surface area contributed by atoms with E-state index in [0.717, 1.165) is 44.0 Å². The molecule has 0 bridgehead atoms. The molecule has 1 aliphatic rings. The summed E-state index contributed by atoms with van der Waals surface area (Å²) >= 11 is 0. The number of rotatable bonds is 3. The van der Waals surface area contributed by atoms with Gasteiger partial charge in [-0.3, -0.25) is 4.90 Å². The van der Waals surface area contributed by atoms with Gasteiger partial charge in [-0.15, -0.1) is 0 Å². The Morgan fingerprint density at radius 2 is 2.00 bits per heavy atom. The molecule has 1 aliphatic heterocycles. The lowest BCUT2D eigenvalue weighted by Crippen LogP contribution is -2.43. The Morgan fingerprint density at radius 3 is 2.74 bits per heavy atom. The molecule has 1 aromatic rings. The molecule has 1 fully saturated rings. The quantitative estimate of drug-likeness (QED) is 0.836. The van der Waals surface area contributed by atoms with Gasteiger partial charge in [0.2, 0.25) is 0 Å². The van der Waals surface area contributed by atoms with Crippen molar-refractivity contribution in [3.8, 4) is 17.6 Å². The van der Waals surface area contributed by atoms with Gasteiger partial charge >= 0.3 is 0 Å². The van der Waals surface area contributed by atoms with Crippen molar-refractivity contribution < 1.29 is 4.74 Å². The highest BCUT2D eigenvalue weighted by Crippen LogP contribution is 2.17. The second-order valence-electron chi connectivity index (χ2n) is 4.99. The summed E-state index contributed by atoms with van der Waals surface area (Å²) in [6.45, 7) is 9.19. The van der Waals surface area contributed by atoms with Gasteiger partial charge in [-0.2, -0.15) is 0 Å². The van der Waals surface area contributed by atoms with Crippen molar-refractivity contribution in [1.29, 1.82) is 0 Å². The van der Waals surface area contributed by atoms with Crippen LogP contribution in [0.15, 0.2) is 24.3 Å². The van der Waals surface area contributed by atoms with Crippen LogP contribution in [-0.2, 0) is 0 Å². The van der Waals surface area contributed by atoms with E-state index < -0.39 is 0 Å². The summed E-state index contributed by atoms with van der Waals surface area (Å²) in [5.74, 6) is 7.36. The van der Waals surface area contributed by atoms with Crippen molar-refractivity contribution in [2.75, 3.05) is 32.7 Å². The molecule has 0 unspecified atom stereocenters. The summed E-state index contributed by atoms with van der Waals surface area (Å²) in [7, 11) is 0. The maximum Gasteiger partial charge on any atom is 0.135 e. The van der Waals surface area contributed by atoms with Gasteiger partial charge in [0.15, 0.2) is 0 Å². The molecule has 1 heterocycles. The summed E-state index contributed by atoms with van der Waals surface area (Å²) in [5, 5.41) is 3.34. The van der Waals surface area contributed by atoms with Gasteiger partial charge in [0.1, 0.15) is 5.75 Å². The molecule has 1 saturated heterocycles. The van der Waals surface area contributed by atoms with E-state index in [0.29, 0.717) is 0 Å². The number of nitrogens with one attached hydrogen (secondary N) is 1. The predicted molar refractivity (Wildman–Crippen MR) is 78.4 cm³/mol. The lowest BCUT2D eigenvalue weighted by Gasteiger charge is -2.24. The highest BCUT2D eigenvalue weighted by Gasteiger charge is 2.07. The molecule has 0 spiro atoms. The highest BCUT2D eigenvalue weighted by molar-refractivity contribution is 5.46. The third-order valence-corrected chi connectivity index (χ3v) is 2.99. The Labute approximate surface area is 115 Å². The van der Waals surface area contributed by atoms with E-state index in [4.69, 9.17) is 4.74 Å². The highest BCUT2D eigenvalue weighted by atomic mass is 16.5. The minimum absolute atomic E-state index is 0.177. The van der Waals surface area contributed by atoms with Gasteiger partial charge in [-0.05, 0) is 26.0 Å². The van der Waals surface area contributed by atoms with Crippen LogP contribution in [-0.4, -0.2) is 43.7 Å². The lowest BCUT2D eigenvalue weighted by molar-refractivity contribution is 0.242. The molecule has 1 aromatic carbocycles. The van der Waals surface area contributed by atoms with E-state index in [1.807, 2.05) is 38.1 Å². The Balaban J connectivity index is 1.98. The molecule has 0 atom stereocenters. The first-order chi connectivity index (χ1) is 9.25. The number of ether oxygens (including phenoxy) is 1. The van der Waals surface area contributed by atoms with Crippen molar-refractivity contribution in [3.05, 3.63) is 29.8 Å². The van der Waals surface area contributed by atoms with Gasteiger partial charge in [0.05, 0.1) is 18.2 Å². The van der Waals surface area contributed by atoms with E-state index in [9.17, 15) is 0 Å². The number of nitrogens with zero attached hydrogens (tertiary/aromatic N) is 1. The largest absolute Gasteiger partial charge is 0.490 e. The standard InChI is InChI=1S/C16H22N2O/c1-14(2)19-16-8-4-3-6-15(16)7-5-11-18-12-9-17-10-13-18/h3-4,6,8,14,17H,9-13H2,1-2H3. The zero-order chi connectivity index (χ0) is 13.5. The fourth-order valence-electron chi connectivity index (χ4n) is 2.04. The van der Waals surface area contributed by atoms with Gasteiger partial charge in [-0.25, -0.2) is 0 Å². The van der Waals surface area contributed by atoms with E-state index in [1.165, 1.54) is 0 Å². The van der Waals surface area contributed by atoms with Gasteiger partial charge in [-0.1, -0.05) is 24.0 Å². The zero-order valence-electron chi connectivity index (χ0n) is 11.8. The first kappa shape index (κ1) is 13.9. The Hall–Kier alpha value is -1.50. The average molecular weight is 258 g/mol. The second kappa shape index (κ2) is 7.18. The molecule has 0 aliphatic carbocycles. The minimum atomic E-state index is 0.177. The van der Waals surface area contributed by atoms with E-state index in [2.05, 4.69) is 22.1 Å². The van der Waals surface area contributed by atoms with Crippen molar-refractivity contribution in [3.63, 3.8) is 0 Å². The molecular formula is C16H22N2O. The minimum Gasteiger partial charge on any atom is -0.490 e. The molecule has 1 N–H and O–H groups in total. The molecule has 19 heavy (non-hydrogen) atoms. The summed E-state index contributed by atoms with van der Waals surface area (Å²) < 4.78 is 5.76. The normalized spacial score (nSPS) is 15.9. The SMILES string of the molecule is CC(C)Oc1ccccc1C#CCN1CCNCC1. The molecule has 0 amide bonds. The summed E-state index contributed by atoms with van der Waals surface area (Å²) in [4.78, 5) is 2.37. The number of benzene rings is 1. The van der Waals surface area contributed by atoms with Crippen LogP contribution in [0.1, 0.15) is 19.4 Å². The zero-order valence-corrected chi connectivity index (χ0v) is 11.8. The van der Waals surface area contributed by atoms with Crippen LogP contribution >= 0.6 is 0 Å². The third-order valence-electron chi connectivity index (χ3n) is 2.99. The Bertz CT molecular complexity index is 453. The molecular weight excluding hydrogens is 236 g/mol. The fraction of sp³-hybridized carbons (Fsp3) is 0.500. The van der Waals surface area contributed by atoms with Gasteiger partial charge < -0.3 is 10.1 Å². The van der Waals surface area contributed by atoms with E-state index >= 15 is 0 Å². The predicted octanol–water partition coefficient (Wildman–Crippen LogP) is 1.73. The van der Waals surface area contributed by atoms with Crippen LogP contribution in [0.3, 0.4) is 0 Å². The van der Waals surface area contributed by atoms with Crippen LogP contribution in [0, 0.1) is 11.8 Å². The molecule has 2 rings (SSSR count). The molecule has 0 aromatic heterocycles. The van der Waals surface area contributed by atoms with Crippen LogP contribution in [0.4, 0.5) is 0 Å². The first-order valence-corrected chi connectivity index (χ1v) is 6.93. The van der Waals surface area contributed by atoms with Crippen LogP contribution < -0.4 is 10.1 Å². The maximum atomic E-state index is 5.76. The fourth-order valence-corrected chi connectivity index (χ4v) is 2.04. The average Bonchev–Trinajstić information content (AvgIpc) is 2.41. The smallest absolute Gasteiger partial charge is 0.135 e. The topological polar surface area (TPSA) is 24.5 Å². The van der Waals surface area contributed by atoms with Crippen molar-refractivity contribution in [1.82, 2.24) is 10.2 Å². The first-order valence-electron chi connectivity index (χ1n) is 6.93. The van der Waals surface area contributed by atoms with Crippen molar-refractivity contribution in [2.45, 2.75) is 20.0 Å². The number of piperazine rings is 1. The molecule has 0 saturated carbocycles. The van der Waals surface area contributed by atoms with Crippen molar-refractivity contribution in [2.24, 2.45) is 0 Å². The third kappa shape index (κ3) is 4.59. The summed E-state index contributed by atoms with van der Waals surface area (Å²) in [5.41, 5.74) is 0.978. The van der Waals surface area contributed by atoms with Crippen LogP contribution in [0.5, 0.6) is 5.75 Å².